The molecule has 2 bridgehead atoms. The van der Waals surface area contributed by atoms with Crippen LogP contribution in [0.2, 0.25) is 5.02 Å². The van der Waals surface area contributed by atoms with Gasteiger partial charge in [0.2, 0.25) is 5.91 Å². The number of fused-ring (bicyclic) bond motifs is 2. The highest BCUT2D eigenvalue weighted by Crippen LogP contribution is 2.44. The standard InChI is InChI=1S/C23H27ClN2O5S/c1-30-21-10-9-19(13-22(21)31-2)32(28,29)26(18-7-5-17(24)6-8-18)14-23(27)25-20-12-15-3-4-16(20)11-15/h5-10,13,15-16,20H,3-4,11-12,14H2,1-2H3,(H,25,27)/t15-,16-,20+/m1/s1. The van der Waals surface area contributed by atoms with Gasteiger partial charge in [-0.1, -0.05) is 18.0 Å². The number of carbonyl (C=O) groups is 1. The molecule has 2 fully saturated rings. The normalized spacial score (nSPS) is 21.9. The smallest absolute Gasteiger partial charge is 0.264 e. The Balaban J connectivity index is 1.63. The van der Waals surface area contributed by atoms with E-state index in [0.29, 0.717) is 28.3 Å². The van der Waals surface area contributed by atoms with Crippen LogP contribution in [0.4, 0.5) is 5.69 Å². The molecule has 3 atom stereocenters. The fourth-order valence-electron chi connectivity index (χ4n) is 4.83. The van der Waals surface area contributed by atoms with Gasteiger partial charge in [0.05, 0.1) is 24.8 Å². The summed E-state index contributed by atoms with van der Waals surface area (Å²) in [5, 5.41) is 3.55. The highest BCUT2D eigenvalue weighted by Gasteiger charge is 2.40. The number of rotatable bonds is 8. The molecule has 0 aliphatic heterocycles. The predicted molar refractivity (Wildman–Crippen MR) is 123 cm³/mol. The Bertz CT molecular complexity index is 1090. The van der Waals surface area contributed by atoms with Gasteiger partial charge in [0.15, 0.2) is 11.5 Å². The largest absolute Gasteiger partial charge is 0.493 e. The molecular formula is C23H27ClN2O5S. The van der Waals surface area contributed by atoms with E-state index in [4.69, 9.17) is 21.1 Å². The molecule has 0 aromatic heterocycles. The number of hydrogen-bond acceptors (Lipinski definition) is 5. The molecule has 9 heteroatoms. The number of nitrogens with zero attached hydrogens (tertiary/aromatic N) is 1. The Morgan fingerprint density at radius 1 is 1.06 bits per heavy atom. The van der Waals surface area contributed by atoms with Crippen LogP contribution >= 0.6 is 11.6 Å². The van der Waals surface area contributed by atoms with Gasteiger partial charge in [0.1, 0.15) is 6.54 Å². The molecular weight excluding hydrogens is 452 g/mol. The van der Waals surface area contributed by atoms with Crippen molar-refractivity contribution in [2.24, 2.45) is 11.8 Å². The number of sulfonamides is 1. The van der Waals surface area contributed by atoms with Crippen molar-refractivity contribution in [3.8, 4) is 11.5 Å². The quantitative estimate of drug-likeness (QED) is 0.622. The summed E-state index contributed by atoms with van der Waals surface area (Å²) < 4.78 is 38.8. The predicted octanol–water partition coefficient (Wildman–Crippen LogP) is 3.86. The van der Waals surface area contributed by atoms with Gasteiger partial charge in [0.25, 0.3) is 10.0 Å². The first-order valence-corrected chi connectivity index (χ1v) is 12.4. The molecule has 0 saturated heterocycles. The summed E-state index contributed by atoms with van der Waals surface area (Å²) in [5.74, 6) is 1.56. The van der Waals surface area contributed by atoms with Crippen molar-refractivity contribution in [1.29, 1.82) is 0 Å². The van der Waals surface area contributed by atoms with Gasteiger partial charge in [-0.3, -0.25) is 9.10 Å². The van der Waals surface area contributed by atoms with E-state index in [0.717, 1.165) is 23.6 Å². The first kappa shape index (κ1) is 22.7. The number of nitrogens with one attached hydrogen (secondary N) is 1. The summed E-state index contributed by atoms with van der Waals surface area (Å²) in [5.41, 5.74) is 0.354. The van der Waals surface area contributed by atoms with Crippen molar-refractivity contribution in [1.82, 2.24) is 5.32 Å². The lowest BCUT2D eigenvalue weighted by atomic mass is 9.95. The summed E-state index contributed by atoms with van der Waals surface area (Å²) in [4.78, 5) is 12.9. The monoisotopic (exact) mass is 478 g/mol. The fourth-order valence-corrected chi connectivity index (χ4v) is 6.39. The molecule has 0 heterocycles. The van der Waals surface area contributed by atoms with Gasteiger partial charge in [0, 0.05) is 17.1 Å². The van der Waals surface area contributed by atoms with E-state index in [1.807, 2.05) is 0 Å². The Morgan fingerprint density at radius 2 is 1.78 bits per heavy atom. The van der Waals surface area contributed by atoms with Crippen LogP contribution < -0.4 is 19.1 Å². The number of halogens is 1. The number of hydrogen-bond donors (Lipinski definition) is 1. The Morgan fingerprint density at radius 3 is 2.38 bits per heavy atom. The van der Waals surface area contributed by atoms with E-state index in [1.165, 1.54) is 38.8 Å². The van der Waals surface area contributed by atoms with Crippen LogP contribution in [0.5, 0.6) is 11.5 Å². The van der Waals surface area contributed by atoms with Crippen LogP contribution in [0.3, 0.4) is 0 Å². The second-order valence-electron chi connectivity index (χ2n) is 8.35. The van der Waals surface area contributed by atoms with Crippen LogP contribution in [0.1, 0.15) is 25.7 Å². The molecule has 172 valence electrons. The van der Waals surface area contributed by atoms with Crippen LogP contribution in [-0.4, -0.2) is 41.1 Å². The summed E-state index contributed by atoms with van der Waals surface area (Å²) in [6, 6.07) is 10.9. The summed E-state index contributed by atoms with van der Waals surface area (Å²) >= 11 is 6.00. The SMILES string of the molecule is COc1ccc(S(=O)(=O)N(CC(=O)N[C@H]2C[C@@H]3CC[C@@H]2C3)c2ccc(Cl)cc2)cc1OC. The average Bonchev–Trinajstić information content (AvgIpc) is 3.41. The van der Waals surface area contributed by atoms with Crippen molar-refractivity contribution < 1.29 is 22.7 Å². The zero-order chi connectivity index (χ0) is 22.9. The Labute approximate surface area is 193 Å². The zero-order valence-electron chi connectivity index (χ0n) is 18.1. The van der Waals surface area contributed by atoms with Gasteiger partial charge >= 0.3 is 0 Å². The molecule has 0 radical (unpaired) electrons. The maximum atomic E-state index is 13.6. The molecule has 2 saturated carbocycles. The van der Waals surface area contributed by atoms with E-state index in [1.54, 1.807) is 24.3 Å². The fraction of sp³-hybridized carbons (Fsp3) is 0.435. The van der Waals surface area contributed by atoms with Gasteiger partial charge < -0.3 is 14.8 Å². The third-order valence-electron chi connectivity index (χ3n) is 6.43. The Hall–Kier alpha value is -2.45. The molecule has 0 spiro atoms. The second-order valence-corrected chi connectivity index (χ2v) is 10.7. The van der Waals surface area contributed by atoms with Gasteiger partial charge in [-0.25, -0.2) is 8.42 Å². The molecule has 0 unspecified atom stereocenters. The van der Waals surface area contributed by atoms with E-state index in [2.05, 4.69) is 5.32 Å². The maximum absolute atomic E-state index is 13.6. The summed E-state index contributed by atoms with van der Waals surface area (Å²) in [6.07, 6.45) is 4.47. The molecule has 4 rings (SSSR count). The topological polar surface area (TPSA) is 84.9 Å². The highest BCUT2D eigenvalue weighted by atomic mass is 35.5. The van der Waals surface area contributed by atoms with Crippen molar-refractivity contribution in [3.63, 3.8) is 0 Å². The van der Waals surface area contributed by atoms with Crippen LogP contribution in [0, 0.1) is 11.8 Å². The van der Waals surface area contributed by atoms with E-state index >= 15 is 0 Å². The van der Waals surface area contributed by atoms with Crippen LogP contribution in [-0.2, 0) is 14.8 Å². The van der Waals surface area contributed by atoms with Crippen LogP contribution in [0.25, 0.3) is 0 Å². The number of carbonyl (C=O) groups excluding carboxylic acids is 1. The van der Waals surface area contributed by atoms with Gasteiger partial charge in [-0.05, 0) is 67.5 Å². The molecule has 1 N–H and O–H groups in total. The van der Waals surface area contributed by atoms with E-state index in [9.17, 15) is 13.2 Å². The molecule has 2 aliphatic rings. The number of methoxy groups -OCH3 is 2. The van der Waals surface area contributed by atoms with Crippen molar-refractivity contribution in [2.45, 2.75) is 36.6 Å². The van der Waals surface area contributed by atoms with Crippen molar-refractivity contribution in [3.05, 3.63) is 47.5 Å². The average molecular weight is 479 g/mol. The lowest BCUT2D eigenvalue weighted by Crippen LogP contribution is -2.46. The number of benzene rings is 2. The van der Waals surface area contributed by atoms with E-state index < -0.39 is 10.0 Å². The minimum absolute atomic E-state index is 0.00202. The third-order valence-corrected chi connectivity index (χ3v) is 8.45. The minimum atomic E-state index is -4.07. The van der Waals surface area contributed by atoms with Crippen LogP contribution in [0.15, 0.2) is 47.4 Å². The number of ether oxygens (including phenoxy) is 2. The lowest BCUT2D eigenvalue weighted by molar-refractivity contribution is -0.120. The Kier molecular flexibility index (Phi) is 6.53. The molecule has 32 heavy (non-hydrogen) atoms. The van der Waals surface area contributed by atoms with E-state index in [-0.39, 0.29) is 29.1 Å². The zero-order valence-corrected chi connectivity index (χ0v) is 19.7. The first-order chi connectivity index (χ1) is 15.3. The second kappa shape index (κ2) is 9.19. The number of anilines is 1. The lowest BCUT2D eigenvalue weighted by Gasteiger charge is -2.27. The molecule has 2 aromatic rings. The molecule has 2 aliphatic carbocycles. The molecule has 2 aromatic carbocycles. The summed E-state index contributed by atoms with van der Waals surface area (Å²) in [6.45, 7) is -0.327. The minimum Gasteiger partial charge on any atom is -0.493 e. The van der Waals surface area contributed by atoms with Crippen molar-refractivity contribution in [2.75, 3.05) is 25.1 Å². The maximum Gasteiger partial charge on any atom is 0.264 e. The highest BCUT2D eigenvalue weighted by molar-refractivity contribution is 7.92. The summed E-state index contributed by atoms with van der Waals surface area (Å²) in [7, 11) is -1.15. The molecule has 1 amide bonds. The van der Waals surface area contributed by atoms with Gasteiger partial charge in [-0.15, -0.1) is 0 Å². The van der Waals surface area contributed by atoms with Gasteiger partial charge in [-0.2, -0.15) is 0 Å². The third kappa shape index (κ3) is 4.52. The number of amides is 1. The molecule has 7 nitrogen and oxygen atoms in total. The van der Waals surface area contributed by atoms with Crippen molar-refractivity contribution >= 4 is 33.2 Å². The first-order valence-electron chi connectivity index (χ1n) is 10.6.